The van der Waals surface area contributed by atoms with Gasteiger partial charge in [0.1, 0.15) is 0 Å². The molecule has 1 aliphatic heterocycles. The molecule has 1 aromatic heterocycles. The number of hydrogen-bond acceptors (Lipinski definition) is 7. The summed E-state index contributed by atoms with van der Waals surface area (Å²) in [7, 11) is -7.11. The van der Waals surface area contributed by atoms with Crippen LogP contribution in [0.5, 0.6) is 0 Å². The lowest BCUT2D eigenvalue weighted by atomic mass is 10.2. The van der Waals surface area contributed by atoms with E-state index in [1.807, 2.05) is 0 Å². The SMILES string of the molecule is O=C(Nc1nccs1)c1cccc(S(=O)(=O)[C@@H]2CCS(=O)(=O)C2)c1. The van der Waals surface area contributed by atoms with Crippen molar-refractivity contribution >= 4 is 42.1 Å². The normalized spacial score (nSPS) is 19.9. The van der Waals surface area contributed by atoms with Gasteiger partial charge in [-0.05, 0) is 24.6 Å². The molecule has 0 unspecified atom stereocenters. The Morgan fingerprint density at radius 1 is 1.33 bits per heavy atom. The van der Waals surface area contributed by atoms with E-state index in [0.717, 1.165) is 0 Å². The number of carbonyl (C=O) groups is 1. The van der Waals surface area contributed by atoms with E-state index in [-0.39, 0.29) is 28.4 Å². The first kappa shape index (κ1) is 17.1. The van der Waals surface area contributed by atoms with Crippen molar-refractivity contribution in [1.82, 2.24) is 4.98 Å². The number of nitrogens with zero attached hydrogens (tertiary/aromatic N) is 1. The second-order valence-electron chi connectivity index (χ2n) is 5.39. The first-order valence-electron chi connectivity index (χ1n) is 7.03. The molecule has 0 bridgehead atoms. The number of sulfone groups is 2. The fourth-order valence-corrected chi connectivity index (χ4v) is 7.39. The van der Waals surface area contributed by atoms with Crippen LogP contribution in [0.1, 0.15) is 16.8 Å². The molecule has 1 saturated heterocycles. The molecule has 7 nitrogen and oxygen atoms in total. The maximum Gasteiger partial charge on any atom is 0.257 e. The van der Waals surface area contributed by atoms with Gasteiger partial charge in [-0.15, -0.1) is 11.3 Å². The fourth-order valence-electron chi connectivity index (χ4n) is 2.47. The predicted octanol–water partition coefficient (Wildman–Crippen LogP) is 1.36. The largest absolute Gasteiger partial charge is 0.298 e. The topological polar surface area (TPSA) is 110 Å². The summed E-state index contributed by atoms with van der Waals surface area (Å²) >= 11 is 1.25. The summed E-state index contributed by atoms with van der Waals surface area (Å²) in [6, 6.07) is 5.60. The van der Waals surface area contributed by atoms with Gasteiger partial charge in [0, 0.05) is 17.1 Å². The molecule has 1 N–H and O–H groups in total. The number of rotatable bonds is 4. The Labute approximate surface area is 143 Å². The van der Waals surface area contributed by atoms with E-state index in [2.05, 4.69) is 10.3 Å². The monoisotopic (exact) mass is 386 g/mol. The van der Waals surface area contributed by atoms with E-state index in [1.165, 1.54) is 35.6 Å². The summed E-state index contributed by atoms with van der Waals surface area (Å²) in [5.41, 5.74) is 0.173. The standard InChI is InChI=1S/C14H14N2O5S3/c17-13(16-14-15-5-6-22-14)10-2-1-3-11(8-10)24(20,21)12-4-7-23(18,19)9-12/h1-3,5-6,8,12H,4,7,9H2,(H,15,16,17)/t12-/m1/s1. The van der Waals surface area contributed by atoms with Gasteiger partial charge in [-0.3, -0.25) is 10.1 Å². The molecule has 1 amide bonds. The number of aromatic nitrogens is 1. The molecule has 1 aromatic carbocycles. The molecule has 1 aliphatic rings. The molecule has 10 heteroatoms. The van der Waals surface area contributed by atoms with E-state index in [4.69, 9.17) is 0 Å². The molecule has 3 rings (SSSR count). The minimum Gasteiger partial charge on any atom is -0.298 e. The van der Waals surface area contributed by atoms with Crippen molar-refractivity contribution in [2.75, 3.05) is 16.8 Å². The Morgan fingerprint density at radius 2 is 2.12 bits per heavy atom. The first-order valence-corrected chi connectivity index (χ1v) is 11.3. The van der Waals surface area contributed by atoms with Crippen molar-refractivity contribution in [3.63, 3.8) is 0 Å². The van der Waals surface area contributed by atoms with Crippen LogP contribution in [0, 0.1) is 0 Å². The van der Waals surface area contributed by atoms with Crippen molar-refractivity contribution in [3.05, 3.63) is 41.4 Å². The molecule has 0 spiro atoms. The van der Waals surface area contributed by atoms with Gasteiger partial charge in [0.15, 0.2) is 24.8 Å². The van der Waals surface area contributed by atoms with Gasteiger partial charge >= 0.3 is 0 Å². The van der Waals surface area contributed by atoms with Crippen LogP contribution in [0.25, 0.3) is 0 Å². The molecular formula is C14H14N2O5S3. The van der Waals surface area contributed by atoms with Gasteiger partial charge in [0.05, 0.1) is 21.7 Å². The second-order valence-corrected chi connectivity index (χ2v) is 10.7. The van der Waals surface area contributed by atoms with Crippen molar-refractivity contribution in [1.29, 1.82) is 0 Å². The highest BCUT2D eigenvalue weighted by Gasteiger charge is 2.38. The van der Waals surface area contributed by atoms with E-state index in [1.54, 1.807) is 11.6 Å². The van der Waals surface area contributed by atoms with Crippen LogP contribution < -0.4 is 5.32 Å². The minimum atomic E-state index is -3.80. The van der Waals surface area contributed by atoms with Gasteiger partial charge in [-0.1, -0.05) is 6.07 Å². The summed E-state index contributed by atoms with van der Waals surface area (Å²) < 4.78 is 48.3. The Kier molecular flexibility index (Phi) is 4.45. The lowest BCUT2D eigenvalue weighted by Gasteiger charge is -2.11. The average Bonchev–Trinajstić information content (AvgIpc) is 3.17. The number of nitrogens with one attached hydrogen (secondary N) is 1. The molecule has 24 heavy (non-hydrogen) atoms. The van der Waals surface area contributed by atoms with E-state index in [0.29, 0.717) is 5.13 Å². The smallest absolute Gasteiger partial charge is 0.257 e. The summed E-state index contributed by atoms with van der Waals surface area (Å²) in [5, 5.41) is 3.74. The predicted molar refractivity (Wildman–Crippen MR) is 90.8 cm³/mol. The van der Waals surface area contributed by atoms with Crippen molar-refractivity contribution in [2.24, 2.45) is 0 Å². The van der Waals surface area contributed by atoms with E-state index < -0.39 is 30.8 Å². The molecule has 0 aliphatic carbocycles. The van der Waals surface area contributed by atoms with Crippen LogP contribution in [0.3, 0.4) is 0 Å². The first-order chi connectivity index (χ1) is 11.3. The maximum absolute atomic E-state index is 12.6. The molecule has 1 atom stereocenters. The van der Waals surface area contributed by atoms with Crippen molar-refractivity contribution in [3.8, 4) is 0 Å². The maximum atomic E-state index is 12.6. The highest BCUT2D eigenvalue weighted by molar-refractivity contribution is 7.96. The molecule has 128 valence electrons. The molecule has 2 heterocycles. The Bertz CT molecular complexity index is 966. The zero-order valence-electron chi connectivity index (χ0n) is 12.4. The van der Waals surface area contributed by atoms with Gasteiger partial charge in [0.25, 0.3) is 5.91 Å². The van der Waals surface area contributed by atoms with E-state index in [9.17, 15) is 21.6 Å². The molecule has 0 saturated carbocycles. The van der Waals surface area contributed by atoms with Gasteiger partial charge in [-0.2, -0.15) is 0 Å². The highest BCUT2D eigenvalue weighted by Crippen LogP contribution is 2.26. The Morgan fingerprint density at radius 3 is 2.75 bits per heavy atom. The van der Waals surface area contributed by atoms with Crippen molar-refractivity contribution in [2.45, 2.75) is 16.6 Å². The van der Waals surface area contributed by atoms with Gasteiger partial charge < -0.3 is 0 Å². The van der Waals surface area contributed by atoms with Crippen LogP contribution in [0.15, 0.2) is 40.7 Å². The number of anilines is 1. The summed E-state index contributed by atoms with van der Waals surface area (Å²) in [4.78, 5) is 16.1. The quantitative estimate of drug-likeness (QED) is 0.849. The number of carbonyl (C=O) groups excluding carboxylic acids is 1. The summed E-state index contributed by atoms with van der Waals surface area (Å²) in [5.74, 6) is -0.965. The van der Waals surface area contributed by atoms with Crippen LogP contribution in [0.2, 0.25) is 0 Å². The third-order valence-electron chi connectivity index (χ3n) is 3.71. The fraction of sp³-hybridized carbons (Fsp3) is 0.286. The Balaban J connectivity index is 1.86. The second kappa shape index (κ2) is 6.26. The van der Waals surface area contributed by atoms with Crippen molar-refractivity contribution < 1.29 is 21.6 Å². The molecular weight excluding hydrogens is 372 g/mol. The number of thiazole rings is 1. The molecule has 1 fully saturated rings. The van der Waals surface area contributed by atoms with Crippen LogP contribution in [-0.2, 0) is 19.7 Å². The average molecular weight is 386 g/mol. The number of benzene rings is 1. The lowest BCUT2D eigenvalue weighted by molar-refractivity contribution is 0.102. The number of hydrogen-bond donors (Lipinski definition) is 1. The van der Waals surface area contributed by atoms with Gasteiger partial charge in [-0.25, -0.2) is 21.8 Å². The third kappa shape index (κ3) is 3.50. The number of amides is 1. The van der Waals surface area contributed by atoms with Crippen LogP contribution >= 0.6 is 11.3 Å². The summed E-state index contributed by atoms with van der Waals surface area (Å²) in [6.45, 7) is 0. The summed E-state index contributed by atoms with van der Waals surface area (Å²) in [6.07, 6.45) is 1.63. The zero-order valence-corrected chi connectivity index (χ0v) is 14.8. The molecule has 2 aromatic rings. The molecule has 0 radical (unpaired) electrons. The van der Waals surface area contributed by atoms with E-state index >= 15 is 0 Å². The zero-order chi connectivity index (χ0) is 17.4. The third-order valence-corrected chi connectivity index (χ3v) is 8.57. The lowest BCUT2D eigenvalue weighted by Crippen LogP contribution is -2.23. The van der Waals surface area contributed by atoms with Crippen LogP contribution in [0.4, 0.5) is 5.13 Å². The van der Waals surface area contributed by atoms with Crippen LogP contribution in [-0.4, -0.2) is 44.5 Å². The van der Waals surface area contributed by atoms with Gasteiger partial charge in [0.2, 0.25) is 0 Å². The Hall–Kier alpha value is -1.78. The minimum absolute atomic E-state index is 0.0450. The highest BCUT2D eigenvalue weighted by atomic mass is 32.2.